The van der Waals surface area contributed by atoms with Crippen LogP contribution in [0, 0.1) is 5.92 Å². The summed E-state index contributed by atoms with van der Waals surface area (Å²) < 4.78 is 10.6. The number of aryl methyl sites for hydroxylation is 1. The van der Waals surface area contributed by atoms with Crippen molar-refractivity contribution in [3.63, 3.8) is 0 Å². The van der Waals surface area contributed by atoms with E-state index in [9.17, 15) is 4.79 Å². The van der Waals surface area contributed by atoms with Crippen molar-refractivity contribution in [3.05, 3.63) is 35.4 Å². The van der Waals surface area contributed by atoms with Gasteiger partial charge in [0, 0.05) is 7.11 Å². The number of methoxy groups -OCH3 is 1. The Morgan fingerprint density at radius 1 is 1.28 bits per heavy atom. The lowest BCUT2D eigenvalue weighted by Crippen LogP contribution is -2.28. The molecule has 0 saturated carbocycles. The normalized spacial score (nSPS) is 12.5. The summed E-state index contributed by atoms with van der Waals surface area (Å²) in [4.78, 5) is 12.1. The van der Waals surface area contributed by atoms with Gasteiger partial charge < -0.3 is 9.47 Å². The molecule has 0 bridgehead atoms. The minimum absolute atomic E-state index is 0.201. The van der Waals surface area contributed by atoms with Gasteiger partial charge in [-0.2, -0.15) is 0 Å². The quantitative estimate of drug-likeness (QED) is 0.728. The van der Waals surface area contributed by atoms with E-state index in [2.05, 4.69) is 0 Å². The van der Waals surface area contributed by atoms with Gasteiger partial charge in [-0.05, 0) is 24.0 Å². The highest BCUT2D eigenvalue weighted by Crippen LogP contribution is 2.15. The maximum atomic E-state index is 12.1. The predicted octanol–water partition coefficient (Wildman–Crippen LogP) is 3.08. The van der Waals surface area contributed by atoms with Gasteiger partial charge in [-0.1, -0.05) is 39.0 Å². The molecular formula is C15H22O3. The molecular weight excluding hydrogens is 228 g/mol. The molecule has 100 valence electrons. The number of ether oxygens (including phenoxy) is 2. The molecule has 0 aliphatic heterocycles. The first-order chi connectivity index (χ1) is 8.60. The second-order valence-corrected chi connectivity index (χ2v) is 4.65. The summed E-state index contributed by atoms with van der Waals surface area (Å²) in [6.45, 7) is 6.49. The van der Waals surface area contributed by atoms with Crippen LogP contribution in [0.5, 0.6) is 0 Å². The maximum absolute atomic E-state index is 12.1. The van der Waals surface area contributed by atoms with Crippen LogP contribution in [0.1, 0.15) is 36.7 Å². The summed E-state index contributed by atoms with van der Waals surface area (Å²) in [6.07, 6.45) is 0.620. The Morgan fingerprint density at radius 2 is 1.94 bits per heavy atom. The van der Waals surface area contributed by atoms with E-state index in [0.29, 0.717) is 12.2 Å². The molecule has 1 atom stereocenters. The molecule has 18 heavy (non-hydrogen) atoms. The zero-order valence-electron chi connectivity index (χ0n) is 11.6. The first kappa shape index (κ1) is 14.7. The first-order valence-corrected chi connectivity index (χ1v) is 6.38. The molecule has 1 unspecified atom stereocenters. The van der Waals surface area contributed by atoms with Crippen molar-refractivity contribution in [2.24, 2.45) is 5.92 Å². The number of rotatable bonds is 6. The third kappa shape index (κ3) is 3.84. The van der Waals surface area contributed by atoms with Crippen LogP contribution < -0.4 is 0 Å². The van der Waals surface area contributed by atoms with E-state index in [-0.39, 0.29) is 18.0 Å². The molecule has 0 heterocycles. The summed E-state index contributed by atoms with van der Waals surface area (Å²) >= 11 is 0. The summed E-state index contributed by atoms with van der Waals surface area (Å²) in [6, 6.07) is 7.56. The maximum Gasteiger partial charge on any atom is 0.338 e. The average Bonchev–Trinajstić information content (AvgIpc) is 2.37. The van der Waals surface area contributed by atoms with Crippen molar-refractivity contribution in [2.45, 2.75) is 33.3 Å². The van der Waals surface area contributed by atoms with E-state index in [0.717, 1.165) is 12.0 Å². The number of esters is 1. The highest BCUT2D eigenvalue weighted by molar-refractivity contribution is 5.91. The Balaban J connectivity index is 2.80. The number of carbonyl (C=O) groups excluding carboxylic acids is 1. The van der Waals surface area contributed by atoms with E-state index in [1.165, 1.54) is 0 Å². The lowest BCUT2D eigenvalue weighted by Gasteiger charge is -2.21. The van der Waals surface area contributed by atoms with Gasteiger partial charge in [0.05, 0.1) is 12.2 Å². The molecule has 1 rings (SSSR count). The SMILES string of the molecule is CCc1ccccc1C(=O)OC(COC)C(C)C. The molecule has 3 nitrogen and oxygen atoms in total. The van der Waals surface area contributed by atoms with Gasteiger partial charge in [-0.15, -0.1) is 0 Å². The summed E-state index contributed by atoms with van der Waals surface area (Å²) in [5.74, 6) is -0.0223. The first-order valence-electron chi connectivity index (χ1n) is 6.38. The summed E-state index contributed by atoms with van der Waals surface area (Å²) in [5.41, 5.74) is 1.67. The second-order valence-electron chi connectivity index (χ2n) is 4.65. The fraction of sp³-hybridized carbons (Fsp3) is 0.533. The molecule has 1 aromatic rings. The lowest BCUT2D eigenvalue weighted by atomic mass is 10.0. The van der Waals surface area contributed by atoms with Crippen molar-refractivity contribution in [3.8, 4) is 0 Å². The highest BCUT2D eigenvalue weighted by Gasteiger charge is 2.20. The Bertz CT molecular complexity index is 385. The van der Waals surface area contributed by atoms with Crippen LogP contribution in [0.15, 0.2) is 24.3 Å². The Labute approximate surface area is 109 Å². The lowest BCUT2D eigenvalue weighted by molar-refractivity contribution is -0.0103. The minimum atomic E-state index is -0.261. The smallest absolute Gasteiger partial charge is 0.338 e. The Hall–Kier alpha value is -1.35. The topological polar surface area (TPSA) is 35.5 Å². The van der Waals surface area contributed by atoms with Gasteiger partial charge in [-0.3, -0.25) is 0 Å². The zero-order chi connectivity index (χ0) is 13.5. The van der Waals surface area contributed by atoms with Crippen molar-refractivity contribution in [1.29, 1.82) is 0 Å². The second kappa shape index (κ2) is 7.17. The largest absolute Gasteiger partial charge is 0.456 e. The van der Waals surface area contributed by atoms with Crippen LogP contribution in [0.2, 0.25) is 0 Å². The molecule has 0 aliphatic rings. The number of hydrogen-bond donors (Lipinski definition) is 0. The summed E-state index contributed by atoms with van der Waals surface area (Å²) in [5, 5.41) is 0. The van der Waals surface area contributed by atoms with Gasteiger partial charge in [0.1, 0.15) is 6.10 Å². The molecule has 0 fully saturated rings. The molecule has 0 spiro atoms. The van der Waals surface area contributed by atoms with E-state index in [4.69, 9.17) is 9.47 Å². The van der Waals surface area contributed by atoms with Crippen LogP contribution in [0.4, 0.5) is 0 Å². The van der Waals surface area contributed by atoms with E-state index in [1.807, 2.05) is 45.0 Å². The van der Waals surface area contributed by atoms with E-state index < -0.39 is 0 Å². The molecule has 0 amide bonds. The molecule has 0 aromatic heterocycles. The number of carbonyl (C=O) groups is 1. The standard InChI is InChI=1S/C15H22O3/c1-5-12-8-6-7-9-13(12)15(16)18-14(10-17-4)11(2)3/h6-9,11,14H,5,10H2,1-4H3. The summed E-state index contributed by atoms with van der Waals surface area (Å²) in [7, 11) is 1.61. The third-order valence-electron chi connectivity index (χ3n) is 2.95. The molecule has 0 N–H and O–H groups in total. The van der Waals surface area contributed by atoms with Crippen molar-refractivity contribution >= 4 is 5.97 Å². The van der Waals surface area contributed by atoms with Crippen LogP contribution in [-0.4, -0.2) is 25.8 Å². The molecule has 1 aromatic carbocycles. The van der Waals surface area contributed by atoms with Gasteiger partial charge in [0.15, 0.2) is 0 Å². The van der Waals surface area contributed by atoms with Crippen LogP contribution >= 0.6 is 0 Å². The fourth-order valence-corrected chi connectivity index (χ4v) is 1.76. The Kier molecular flexibility index (Phi) is 5.86. The van der Waals surface area contributed by atoms with Gasteiger partial charge in [0.2, 0.25) is 0 Å². The van der Waals surface area contributed by atoms with E-state index >= 15 is 0 Å². The molecule has 3 heteroatoms. The monoisotopic (exact) mass is 250 g/mol. The van der Waals surface area contributed by atoms with Gasteiger partial charge >= 0.3 is 5.97 Å². The zero-order valence-corrected chi connectivity index (χ0v) is 11.6. The van der Waals surface area contributed by atoms with Crippen molar-refractivity contribution in [2.75, 3.05) is 13.7 Å². The molecule has 0 saturated heterocycles. The van der Waals surface area contributed by atoms with Crippen LogP contribution in [0.25, 0.3) is 0 Å². The van der Waals surface area contributed by atoms with Crippen LogP contribution in [0.3, 0.4) is 0 Å². The van der Waals surface area contributed by atoms with Crippen LogP contribution in [-0.2, 0) is 15.9 Å². The molecule has 0 aliphatic carbocycles. The number of benzene rings is 1. The molecule has 0 radical (unpaired) electrons. The van der Waals surface area contributed by atoms with Gasteiger partial charge in [0.25, 0.3) is 0 Å². The van der Waals surface area contributed by atoms with E-state index in [1.54, 1.807) is 7.11 Å². The third-order valence-corrected chi connectivity index (χ3v) is 2.95. The predicted molar refractivity (Wildman–Crippen MR) is 71.7 cm³/mol. The minimum Gasteiger partial charge on any atom is -0.456 e. The fourth-order valence-electron chi connectivity index (χ4n) is 1.76. The van der Waals surface area contributed by atoms with Crippen molar-refractivity contribution in [1.82, 2.24) is 0 Å². The van der Waals surface area contributed by atoms with Crippen molar-refractivity contribution < 1.29 is 14.3 Å². The average molecular weight is 250 g/mol. The number of hydrogen-bond acceptors (Lipinski definition) is 3. The highest BCUT2D eigenvalue weighted by atomic mass is 16.6. The van der Waals surface area contributed by atoms with Gasteiger partial charge in [-0.25, -0.2) is 4.79 Å². The Morgan fingerprint density at radius 3 is 2.50 bits per heavy atom.